The standard InChI is InChI=1S/C14H18N6O2S/c1-8(2)11(13(22)15-3)18-10-5-4-9(6-16-10)12(21)19-14-20-17-7-23-14/h4-8,11H,1-3H3,(H,15,22)(H,16,18)(H,19,20,21). The highest BCUT2D eigenvalue weighted by Crippen LogP contribution is 2.13. The Kier molecular flexibility index (Phi) is 5.58. The summed E-state index contributed by atoms with van der Waals surface area (Å²) in [4.78, 5) is 28.0. The molecule has 3 N–H and O–H groups in total. The molecule has 2 rings (SSSR count). The molecule has 0 spiro atoms. The van der Waals surface area contributed by atoms with E-state index in [9.17, 15) is 9.59 Å². The highest BCUT2D eigenvalue weighted by molar-refractivity contribution is 7.13. The van der Waals surface area contributed by atoms with Gasteiger partial charge in [-0.25, -0.2) is 4.98 Å². The fourth-order valence-electron chi connectivity index (χ4n) is 1.86. The minimum atomic E-state index is -0.395. The van der Waals surface area contributed by atoms with Gasteiger partial charge in [-0.1, -0.05) is 25.2 Å². The van der Waals surface area contributed by atoms with Crippen LogP contribution in [-0.2, 0) is 4.79 Å². The van der Waals surface area contributed by atoms with Gasteiger partial charge in [0.05, 0.1) is 5.56 Å². The maximum atomic E-state index is 12.0. The average molecular weight is 334 g/mol. The first-order valence-electron chi connectivity index (χ1n) is 7.03. The lowest BCUT2D eigenvalue weighted by molar-refractivity contribution is -0.122. The van der Waals surface area contributed by atoms with E-state index >= 15 is 0 Å². The van der Waals surface area contributed by atoms with Crippen LogP contribution in [0.25, 0.3) is 0 Å². The van der Waals surface area contributed by atoms with E-state index in [4.69, 9.17) is 0 Å². The summed E-state index contributed by atoms with van der Waals surface area (Å²) in [5.74, 6) is 0.198. The van der Waals surface area contributed by atoms with Gasteiger partial charge >= 0.3 is 0 Å². The van der Waals surface area contributed by atoms with Gasteiger partial charge < -0.3 is 10.6 Å². The molecule has 2 amide bonds. The molecule has 2 heterocycles. The second-order valence-electron chi connectivity index (χ2n) is 5.11. The van der Waals surface area contributed by atoms with Crippen molar-refractivity contribution >= 4 is 34.1 Å². The van der Waals surface area contributed by atoms with Gasteiger partial charge in [-0.15, -0.1) is 10.2 Å². The van der Waals surface area contributed by atoms with E-state index in [0.717, 1.165) is 0 Å². The van der Waals surface area contributed by atoms with E-state index < -0.39 is 6.04 Å². The molecule has 0 aliphatic heterocycles. The highest BCUT2D eigenvalue weighted by atomic mass is 32.1. The third-order valence-electron chi connectivity index (χ3n) is 3.11. The lowest BCUT2D eigenvalue weighted by atomic mass is 10.0. The molecule has 0 aliphatic rings. The minimum absolute atomic E-state index is 0.0946. The molecule has 0 radical (unpaired) electrons. The van der Waals surface area contributed by atoms with Gasteiger partial charge in [-0.2, -0.15) is 0 Å². The summed E-state index contributed by atoms with van der Waals surface area (Å²) in [5, 5.41) is 16.1. The van der Waals surface area contributed by atoms with E-state index in [2.05, 4.69) is 31.1 Å². The Balaban J connectivity index is 2.03. The van der Waals surface area contributed by atoms with Gasteiger partial charge in [-0.3, -0.25) is 14.9 Å². The predicted molar refractivity (Wildman–Crippen MR) is 88.4 cm³/mol. The first-order chi connectivity index (χ1) is 11.0. The van der Waals surface area contributed by atoms with Crippen molar-refractivity contribution in [3.63, 3.8) is 0 Å². The second kappa shape index (κ2) is 7.63. The Bertz CT molecular complexity index is 656. The van der Waals surface area contributed by atoms with Crippen molar-refractivity contribution < 1.29 is 9.59 Å². The second-order valence-corrected chi connectivity index (χ2v) is 5.94. The molecule has 9 heteroatoms. The monoisotopic (exact) mass is 334 g/mol. The minimum Gasteiger partial charge on any atom is -0.358 e. The number of aromatic nitrogens is 3. The Morgan fingerprint density at radius 3 is 2.57 bits per heavy atom. The first-order valence-corrected chi connectivity index (χ1v) is 7.91. The van der Waals surface area contributed by atoms with Crippen LogP contribution in [0.1, 0.15) is 24.2 Å². The van der Waals surface area contributed by atoms with E-state index in [1.54, 1.807) is 19.2 Å². The number of likely N-dealkylation sites (N-methyl/N-ethyl adjacent to an activating group) is 1. The molecule has 8 nitrogen and oxygen atoms in total. The smallest absolute Gasteiger partial charge is 0.259 e. The molecule has 0 bridgehead atoms. The number of nitrogens with zero attached hydrogens (tertiary/aromatic N) is 3. The fraction of sp³-hybridized carbons (Fsp3) is 0.357. The number of hydrogen-bond donors (Lipinski definition) is 3. The third-order valence-corrected chi connectivity index (χ3v) is 3.71. The van der Waals surface area contributed by atoms with Crippen LogP contribution in [0.2, 0.25) is 0 Å². The average Bonchev–Trinajstić information content (AvgIpc) is 3.05. The number of anilines is 2. The Morgan fingerprint density at radius 2 is 2.04 bits per heavy atom. The Morgan fingerprint density at radius 1 is 1.26 bits per heavy atom. The van der Waals surface area contributed by atoms with Crippen LogP contribution in [0.5, 0.6) is 0 Å². The quantitative estimate of drug-likeness (QED) is 0.736. The molecule has 0 aliphatic carbocycles. The third kappa shape index (κ3) is 4.46. The lowest BCUT2D eigenvalue weighted by Gasteiger charge is -2.21. The summed E-state index contributed by atoms with van der Waals surface area (Å²) in [6.07, 6.45) is 1.44. The van der Waals surface area contributed by atoms with Gasteiger partial charge in [0.1, 0.15) is 17.4 Å². The maximum Gasteiger partial charge on any atom is 0.259 e. The predicted octanol–water partition coefficient (Wildman–Crippen LogP) is 1.37. The van der Waals surface area contributed by atoms with Gasteiger partial charge in [0.25, 0.3) is 5.91 Å². The van der Waals surface area contributed by atoms with Crippen molar-refractivity contribution in [3.05, 3.63) is 29.4 Å². The highest BCUT2D eigenvalue weighted by Gasteiger charge is 2.21. The van der Waals surface area contributed by atoms with Crippen LogP contribution >= 0.6 is 11.3 Å². The Labute approximate surface area is 137 Å². The van der Waals surface area contributed by atoms with Gasteiger partial charge in [-0.05, 0) is 18.1 Å². The van der Waals surface area contributed by atoms with Gasteiger partial charge in [0.2, 0.25) is 11.0 Å². The molecule has 0 saturated heterocycles. The number of nitrogens with one attached hydrogen (secondary N) is 3. The molecule has 0 fully saturated rings. The van der Waals surface area contributed by atoms with Gasteiger partial charge in [0, 0.05) is 13.2 Å². The van der Waals surface area contributed by atoms with Crippen molar-refractivity contribution in [1.82, 2.24) is 20.5 Å². The van der Waals surface area contributed by atoms with Crippen LogP contribution < -0.4 is 16.0 Å². The van der Waals surface area contributed by atoms with E-state index in [1.165, 1.54) is 23.0 Å². The molecule has 122 valence electrons. The largest absolute Gasteiger partial charge is 0.358 e. The van der Waals surface area contributed by atoms with Crippen LogP contribution in [0.4, 0.5) is 10.9 Å². The van der Waals surface area contributed by atoms with Crippen LogP contribution in [0, 0.1) is 5.92 Å². The lowest BCUT2D eigenvalue weighted by Crippen LogP contribution is -2.41. The molecular weight excluding hydrogens is 316 g/mol. The zero-order chi connectivity index (χ0) is 16.8. The summed E-state index contributed by atoms with van der Waals surface area (Å²) < 4.78 is 0. The summed E-state index contributed by atoms with van der Waals surface area (Å²) >= 11 is 1.24. The zero-order valence-corrected chi connectivity index (χ0v) is 13.8. The van der Waals surface area contributed by atoms with Crippen molar-refractivity contribution in [2.45, 2.75) is 19.9 Å². The number of rotatable bonds is 6. The van der Waals surface area contributed by atoms with Crippen molar-refractivity contribution in [2.75, 3.05) is 17.7 Å². The first kappa shape index (κ1) is 16.8. The normalized spacial score (nSPS) is 11.8. The fourth-order valence-corrected chi connectivity index (χ4v) is 2.30. The molecule has 1 unspecified atom stereocenters. The number of amides is 2. The molecule has 1 atom stereocenters. The topological polar surface area (TPSA) is 109 Å². The number of carbonyl (C=O) groups is 2. The molecule has 23 heavy (non-hydrogen) atoms. The molecule has 2 aromatic heterocycles. The van der Waals surface area contributed by atoms with E-state index in [-0.39, 0.29) is 17.7 Å². The zero-order valence-electron chi connectivity index (χ0n) is 13.0. The number of hydrogen-bond acceptors (Lipinski definition) is 7. The van der Waals surface area contributed by atoms with E-state index in [0.29, 0.717) is 16.5 Å². The molecule has 0 aromatic carbocycles. The number of carbonyl (C=O) groups excluding carboxylic acids is 2. The van der Waals surface area contributed by atoms with Crippen LogP contribution in [-0.4, -0.2) is 40.1 Å². The van der Waals surface area contributed by atoms with Crippen molar-refractivity contribution in [1.29, 1.82) is 0 Å². The van der Waals surface area contributed by atoms with Crippen LogP contribution in [0.15, 0.2) is 23.8 Å². The van der Waals surface area contributed by atoms with Crippen molar-refractivity contribution in [3.8, 4) is 0 Å². The number of pyridine rings is 1. The van der Waals surface area contributed by atoms with Crippen molar-refractivity contribution in [2.24, 2.45) is 5.92 Å². The summed E-state index contributed by atoms with van der Waals surface area (Å²) in [5.41, 5.74) is 1.93. The van der Waals surface area contributed by atoms with E-state index in [1.807, 2.05) is 13.8 Å². The van der Waals surface area contributed by atoms with Gasteiger partial charge in [0.15, 0.2) is 0 Å². The summed E-state index contributed by atoms with van der Waals surface area (Å²) in [6, 6.07) is 2.90. The Hall–Kier alpha value is -2.55. The summed E-state index contributed by atoms with van der Waals surface area (Å²) in [6.45, 7) is 3.88. The molecular formula is C14H18N6O2S. The molecule has 2 aromatic rings. The SMILES string of the molecule is CNC(=O)C(Nc1ccc(C(=O)Nc2nncs2)cn1)C(C)C. The van der Waals surface area contributed by atoms with Crippen LogP contribution in [0.3, 0.4) is 0 Å². The summed E-state index contributed by atoms with van der Waals surface area (Å²) in [7, 11) is 1.59. The maximum absolute atomic E-state index is 12.0. The molecule has 0 saturated carbocycles.